The number of hydrogen-bond acceptors (Lipinski definition) is 3. The van der Waals surface area contributed by atoms with E-state index in [1.807, 2.05) is 54.6 Å². The Balaban J connectivity index is 2.15. The Bertz CT molecular complexity index is 1590. The smallest absolute Gasteiger partial charge is 0.199 e. The van der Waals surface area contributed by atoms with Crippen molar-refractivity contribution in [3.05, 3.63) is 75.0 Å². The minimum atomic E-state index is -0.0112. The van der Waals surface area contributed by atoms with Gasteiger partial charge in [0.1, 0.15) is 0 Å². The van der Waals surface area contributed by atoms with E-state index in [9.17, 15) is 9.59 Å². The number of benzene rings is 3. The van der Waals surface area contributed by atoms with E-state index in [4.69, 9.17) is 0 Å². The average Bonchev–Trinajstić information content (AvgIpc) is 2.80. The van der Waals surface area contributed by atoms with Gasteiger partial charge >= 0.3 is 0 Å². The summed E-state index contributed by atoms with van der Waals surface area (Å²) in [5.41, 5.74) is 4.03. The third-order valence-electron chi connectivity index (χ3n) is 6.31. The van der Waals surface area contributed by atoms with Gasteiger partial charge in [0.15, 0.2) is 10.9 Å². The number of hydrogen-bond donors (Lipinski definition) is 1. The van der Waals surface area contributed by atoms with E-state index in [2.05, 4.69) is 35.2 Å². The fraction of sp³-hybridized carbons (Fsp3) is 0.231. The van der Waals surface area contributed by atoms with Crippen molar-refractivity contribution in [2.24, 2.45) is 0 Å². The van der Waals surface area contributed by atoms with Crippen LogP contribution in [0.25, 0.3) is 43.6 Å². The number of aryl methyl sites for hydroxylation is 1. The molecule has 1 N–H and O–H groups in total. The first kappa shape index (κ1) is 19.4. The molecule has 0 aliphatic heterocycles. The van der Waals surface area contributed by atoms with Crippen LogP contribution in [0.3, 0.4) is 0 Å². The molecule has 0 radical (unpaired) electrons. The molecule has 2 aromatic heterocycles. The highest BCUT2D eigenvalue weighted by molar-refractivity contribution is 6.13. The minimum absolute atomic E-state index is 0.00751. The molecule has 0 fully saturated rings. The second kappa shape index (κ2) is 7.27. The number of fused-ring (bicyclic) bond motifs is 4. The largest absolute Gasteiger partial charge is 0.370 e. The van der Waals surface area contributed by atoms with Crippen LogP contribution in [0.5, 0.6) is 0 Å². The Labute approximate surface area is 179 Å². The van der Waals surface area contributed by atoms with Crippen molar-refractivity contribution in [3.8, 4) is 0 Å². The standard InChI is InChI=1S/C26H25N3O2/c1-4-28(5-2)24-22-21(29(6-3)20-14-10-8-12-17(20)26(22)31)15-18-23(24)27-19-13-9-7-11-16(19)25(18)30/h7-15H,4-6H2,1-3H3,(H,27,30). The van der Waals surface area contributed by atoms with Gasteiger partial charge in [-0.3, -0.25) is 9.59 Å². The maximum absolute atomic E-state index is 13.8. The minimum Gasteiger partial charge on any atom is -0.370 e. The third-order valence-corrected chi connectivity index (χ3v) is 6.31. The number of pyridine rings is 2. The van der Waals surface area contributed by atoms with Crippen molar-refractivity contribution in [3.63, 3.8) is 0 Å². The van der Waals surface area contributed by atoms with Crippen molar-refractivity contribution < 1.29 is 0 Å². The molecule has 0 aliphatic carbocycles. The van der Waals surface area contributed by atoms with Gasteiger partial charge < -0.3 is 14.5 Å². The van der Waals surface area contributed by atoms with Crippen LogP contribution in [0.4, 0.5) is 5.69 Å². The number of H-pyrrole nitrogens is 1. The van der Waals surface area contributed by atoms with E-state index in [1.165, 1.54) is 0 Å². The first-order valence-corrected chi connectivity index (χ1v) is 10.9. The zero-order valence-electron chi connectivity index (χ0n) is 18.0. The molecule has 31 heavy (non-hydrogen) atoms. The number of anilines is 1. The highest BCUT2D eigenvalue weighted by atomic mass is 16.1. The predicted molar refractivity (Wildman–Crippen MR) is 131 cm³/mol. The first-order valence-electron chi connectivity index (χ1n) is 10.9. The summed E-state index contributed by atoms with van der Waals surface area (Å²) in [5, 5.41) is 2.64. The van der Waals surface area contributed by atoms with E-state index in [0.29, 0.717) is 28.1 Å². The fourth-order valence-electron chi connectivity index (χ4n) is 4.83. The van der Waals surface area contributed by atoms with Gasteiger partial charge in [-0.1, -0.05) is 24.3 Å². The fourth-order valence-corrected chi connectivity index (χ4v) is 4.83. The Hall–Kier alpha value is -3.60. The Morgan fingerprint density at radius 2 is 1.48 bits per heavy atom. The zero-order chi connectivity index (χ0) is 21.7. The quantitative estimate of drug-likeness (QED) is 0.423. The summed E-state index contributed by atoms with van der Waals surface area (Å²) in [6.07, 6.45) is 0. The molecule has 0 spiro atoms. The van der Waals surface area contributed by atoms with E-state index in [1.54, 1.807) is 0 Å². The lowest BCUT2D eigenvalue weighted by atomic mass is 10.0. The first-order chi connectivity index (χ1) is 15.1. The van der Waals surface area contributed by atoms with Crippen LogP contribution in [0.15, 0.2) is 64.2 Å². The number of aromatic amines is 1. The molecule has 0 saturated heterocycles. The predicted octanol–water partition coefficient (Wildman–Crippen LogP) is 5.02. The van der Waals surface area contributed by atoms with Crippen molar-refractivity contribution >= 4 is 49.3 Å². The third kappa shape index (κ3) is 2.69. The van der Waals surface area contributed by atoms with Gasteiger partial charge in [0.2, 0.25) is 0 Å². The van der Waals surface area contributed by atoms with Crippen molar-refractivity contribution in [1.29, 1.82) is 0 Å². The van der Waals surface area contributed by atoms with Gasteiger partial charge in [0, 0.05) is 35.9 Å². The Morgan fingerprint density at radius 1 is 0.806 bits per heavy atom. The molecule has 5 heteroatoms. The highest BCUT2D eigenvalue weighted by Crippen LogP contribution is 2.34. The molecule has 0 unspecified atom stereocenters. The summed E-state index contributed by atoms with van der Waals surface area (Å²) in [7, 11) is 0. The summed E-state index contributed by atoms with van der Waals surface area (Å²) in [6, 6.07) is 17.2. The van der Waals surface area contributed by atoms with Crippen LogP contribution >= 0.6 is 0 Å². The van der Waals surface area contributed by atoms with Gasteiger partial charge in [-0.05, 0) is 51.1 Å². The summed E-state index contributed by atoms with van der Waals surface area (Å²) in [5.74, 6) is 0. The van der Waals surface area contributed by atoms with Crippen LogP contribution < -0.4 is 15.8 Å². The second-order valence-electron chi connectivity index (χ2n) is 7.80. The molecule has 0 bridgehead atoms. The molecule has 3 aromatic carbocycles. The van der Waals surface area contributed by atoms with Crippen molar-refractivity contribution in [2.75, 3.05) is 18.0 Å². The number of nitrogens with one attached hydrogen (secondary N) is 1. The SMILES string of the molecule is CCN(CC)c1c2[nH]c3ccccc3c(=O)c2cc2c1c(=O)c1ccccc1n2CC. The van der Waals surface area contributed by atoms with Gasteiger partial charge in [-0.25, -0.2) is 0 Å². The van der Waals surface area contributed by atoms with Crippen LogP contribution in [-0.2, 0) is 6.54 Å². The van der Waals surface area contributed by atoms with Crippen LogP contribution in [-0.4, -0.2) is 22.6 Å². The van der Waals surface area contributed by atoms with Crippen molar-refractivity contribution in [2.45, 2.75) is 27.3 Å². The van der Waals surface area contributed by atoms with E-state index < -0.39 is 0 Å². The van der Waals surface area contributed by atoms with Gasteiger partial charge in [-0.15, -0.1) is 0 Å². The molecule has 156 valence electrons. The van der Waals surface area contributed by atoms with Crippen LogP contribution in [0.2, 0.25) is 0 Å². The topological polar surface area (TPSA) is 58.1 Å². The molecule has 0 amide bonds. The number of nitrogens with zero attached hydrogens (tertiary/aromatic N) is 2. The average molecular weight is 412 g/mol. The molecule has 2 heterocycles. The Morgan fingerprint density at radius 3 is 2.19 bits per heavy atom. The molecule has 5 rings (SSSR count). The summed E-state index contributed by atoms with van der Waals surface area (Å²) in [4.78, 5) is 32.9. The lowest BCUT2D eigenvalue weighted by molar-refractivity contribution is 0.820. The number of aromatic nitrogens is 2. The van der Waals surface area contributed by atoms with Gasteiger partial charge in [0.05, 0.1) is 33.0 Å². The molecule has 0 atom stereocenters. The molecule has 5 nitrogen and oxygen atoms in total. The van der Waals surface area contributed by atoms with Crippen molar-refractivity contribution in [1.82, 2.24) is 9.55 Å². The van der Waals surface area contributed by atoms with Crippen LogP contribution in [0, 0.1) is 0 Å². The van der Waals surface area contributed by atoms with Gasteiger partial charge in [0.25, 0.3) is 0 Å². The second-order valence-corrected chi connectivity index (χ2v) is 7.80. The lowest BCUT2D eigenvalue weighted by Gasteiger charge is -2.26. The molecule has 0 aliphatic rings. The maximum Gasteiger partial charge on any atom is 0.199 e. The number of para-hydroxylation sites is 2. The highest BCUT2D eigenvalue weighted by Gasteiger charge is 2.21. The summed E-state index contributed by atoms with van der Waals surface area (Å²) >= 11 is 0. The van der Waals surface area contributed by atoms with E-state index in [-0.39, 0.29) is 10.9 Å². The summed E-state index contributed by atoms with van der Waals surface area (Å²) < 4.78 is 2.15. The molecule has 5 aromatic rings. The normalized spacial score (nSPS) is 11.7. The van der Waals surface area contributed by atoms with E-state index in [0.717, 1.165) is 40.8 Å². The lowest BCUT2D eigenvalue weighted by Crippen LogP contribution is -2.25. The molecular weight excluding hydrogens is 386 g/mol. The summed E-state index contributed by atoms with van der Waals surface area (Å²) in [6.45, 7) is 8.39. The Kier molecular flexibility index (Phi) is 4.54. The maximum atomic E-state index is 13.8. The molecule has 0 saturated carbocycles. The van der Waals surface area contributed by atoms with E-state index >= 15 is 0 Å². The van der Waals surface area contributed by atoms with Gasteiger partial charge in [-0.2, -0.15) is 0 Å². The van der Waals surface area contributed by atoms with Crippen LogP contribution in [0.1, 0.15) is 20.8 Å². The molecular formula is C26H25N3O2. The number of rotatable bonds is 4. The zero-order valence-corrected chi connectivity index (χ0v) is 18.0. The monoisotopic (exact) mass is 411 g/mol.